The molecule has 4 aromatic rings. The molecule has 6 rings (SSSR count). The molecule has 1 aromatic heterocycles. The second-order valence-corrected chi connectivity index (χ2v) is 29.0. The van der Waals surface area contributed by atoms with Gasteiger partial charge in [0, 0.05) is 99.2 Å². The number of rotatable bonds is 26. The summed E-state index contributed by atoms with van der Waals surface area (Å²) < 4.78 is 0. The normalized spacial score (nSPS) is 21.4. The number of aliphatic carboxylic acids is 1. The number of primary amides is 2. The molecule has 1 aliphatic heterocycles. The van der Waals surface area contributed by atoms with Crippen LogP contribution in [0.2, 0.25) is 0 Å². The minimum atomic E-state index is -1.75. The van der Waals surface area contributed by atoms with Gasteiger partial charge in [0.2, 0.25) is 76.8 Å². The number of aromatic amines is 1. The smallest absolute Gasteiger partial charge is 0.303 e. The predicted octanol–water partition coefficient (Wildman–Crippen LogP) is -2.08. The quantitative estimate of drug-likeness (QED) is 0.0139. The van der Waals surface area contributed by atoms with Crippen molar-refractivity contribution in [1.82, 2.24) is 68.4 Å². The zero-order chi connectivity index (χ0) is 78.3. The number of phenolic OH excluding ortho intramolecular Hbond substituents is 2. The van der Waals surface area contributed by atoms with Crippen LogP contribution in [0.1, 0.15) is 114 Å². The first-order valence-electron chi connectivity index (χ1n) is 35.2. The summed E-state index contributed by atoms with van der Waals surface area (Å²) in [5.74, 6) is -15.6. The van der Waals surface area contributed by atoms with E-state index in [1.807, 2.05) is 0 Å². The molecule has 24 N–H and O–H groups in total. The number of nitrogens with two attached hydrogens (primary N) is 4. The number of carbonyl (C=O) groups excluding carboxylic acids is 13. The average molecular weight is 1530 g/mol. The topological polar surface area (TPSA) is 579 Å². The highest BCUT2D eigenvalue weighted by Gasteiger charge is 2.38. The molecule has 9 atom stereocenters. The number of hydrogen-bond donors (Lipinski definition) is 20. The summed E-state index contributed by atoms with van der Waals surface area (Å²) in [6.07, 6.45) is 1.70. The highest BCUT2D eigenvalue weighted by atomic mass is 33.1. The van der Waals surface area contributed by atoms with E-state index in [1.54, 1.807) is 44.3 Å². The number of guanidine groups is 1. The Balaban J connectivity index is 1.41. The molecule has 0 bridgehead atoms. The second kappa shape index (κ2) is 43.1. The molecule has 0 unspecified atom stereocenters. The molecule has 1 saturated carbocycles. The number of para-hydroxylation sites is 1. The van der Waals surface area contributed by atoms with Crippen molar-refractivity contribution in [3.8, 4) is 11.5 Å². The third kappa shape index (κ3) is 28.6. The van der Waals surface area contributed by atoms with Crippen LogP contribution < -0.4 is 81.4 Å². The molecule has 35 nitrogen and oxygen atoms in total. The molecule has 2 fully saturated rings. The number of amides is 13. The number of aromatic nitrogens is 1. The van der Waals surface area contributed by atoms with Gasteiger partial charge in [0.05, 0.1) is 6.54 Å². The molecule has 2 heterocycles. The summed E-state index contributed by atoms with van der Waals surface area (Å²) >= 11 is 0. The molecular formula is C70H98N18O17S2. The van der Waals surface area contributed by atoms with Gasteiger partial charge < -0.3 is 107 Å². The molecule has 0 radical (unpaired) electrons. The number of carboxylic acid groups (broad SMARTS) is 1. The minimum absolute atomic E-state index is 0.00628. The third-order valence-electron chi connectivity index (χ3n) is 17.7. The van der Waals surface area contributed by atoms with E-state index in [0.717, 1.165) is 40.9 Å². The molecular weight excluding hydrogens is 1430 g/mol. The van der Waals surface area contributed by atoms with E-state index in [4.69, 9.17) is 28.3 Å². The highest BCUT2D eigenvalue weighted by molar-refractivity contribution is 8.76. The Labute approximate surface area is 625 Å². The maximum atomic E-state index is 15.1. The van der Waals surface area contributed by atoms with Gasteiger partial charge in [-0.15, -0.1) is 0 Å². The first kappa shape index (κ1) is 85.2. The SMILES string of the molecule is CC(C)[C@@H]1NC(=O)[C@@H](NC(=O)[C@H](Cc2ccc(O)cc2)NC(=O)CN(C(=O)CCN)C2CCCCC2)CSSC[C@H](C(N)=O)NC(=O)[C@H](CCC(=O)O)NC(=O)[C@H](Cc2c[nH]c3ccccc23)NC(=O)[C@H](CCC(N)=O)NC(=O)CCNC(=O)[C@H](CCCNC(=N)N)NC(=O)[C@H](Cc2ccc(O)cc2)NC1=O. The van der Waals surface area contributed by atoms with Gasteiger partial charge in [0.1, 0.15) is 65.9 Å². The number of hydrogen-bond acceptors (Lipinski definition) is 20. The number of carboxylic acids is 1. The van der Waals surface area contributed by atoms with E-state index in [1.165, 1.54) is 53.4 Å². The van der Waals surface area contributed by atoms with Gasteiger partial charge in [-0.2, -0.15) is 0 Å². The lowest BCUT2D eigenvalue weighted by molar-refractivity contribution is -0.140. The number of phenols is 2. The molecule has 582 valence electrons. The fraction of sp³-hybridized carbons (Fsp3) is 0.500. The Morgan fingerprint density at radius 1 is 0.645 bits per heavy atom. The Morgan fingerprint density at radius 2 is 1.22 bits per heavy atom. The fourth-order valence-electron chi connectivity index (χ4n) is 12.0. The van der Waals surface area contributed by atoms with Crippen molar-refractivity contribution in [3.05, 3.63) is 95.7 Å². The molecule has 13 amide bonds. The van der Waals surface area contributed by atoms with Crippen LogP contribution in [-0.4, -0.2) is 212 Å². The lowest BCUT2D eigenvalue weighted by Gasteiger charge is -2.34. The Morgan fingerprint density at radius 3 is 1.85 bits per heavy atom. The molecule has 37 heteroatoms. The number of nitrogens with zero attached hydrogens (tertiary/aromatic N) is 1. The Kier molecular flexibility index (Phi) is 34.3. The third-order valence-corrected chi connectivity index (χ3v) is 20.2. The van der Waals surface area contributed by atoms with Gasteiger partial charge >= 0.3 is 5.97 Å². The summed E-state index contributed by atoms with van der Waals surface area (Å²) in [7, 11) is 1.70. The van der Waals surface area contributed by atoms with Crippen molar-refractivity contribution in [3.63, 3.8) is 0 Å². The number of carbonyl (C=O) groups is 14. The first-order chi connectivity index (χ1) is 51.0. The van der Waals surface area contributed by atoms with Crippen LogP contribution in [0.3, 0.4) is 0 Å². The lowest BCUT2D eigenvalue weighted by Crippen LogP contribution is -2.61. The van der Waals surface area contributed by atoms with Crippen molar-refractivity contribution in [2.24, 2.45) is 28.9 Å². The summed E-state index contributed by atoms with van der Waals surface area (Å²) in [5, 5.41) is 67.2. The van der Waals surface area contributed by atoms with Crippen LogP contribution in [0.4, 0.5) is 0 Å². The van der Waals surface area contributed by atoms with E-state index < -0.39 is 200 Å². The zero-order valence-electron chi connectivity index (χ0n) is 59.5. The van der Waals surface area contributed by atoms with Crippen LogP contribution in [0.5, 0.6) is 11.5 Å². The predicted molar refractivity (Wildman–Crippen MR) is 396 cm³/mol. The van der Waals surface area contributed by atoms with E-state index in [-0.39, 0.29) is 75.1 Å². The molecule has 107 heavy (non-hydrogen) atoms. The highest BCUT2D eigenvalue weighted by Crippen LogP contribution is 2.26. The van der Waals surface area contributed by atoms with Crippen LogP contribution >= 0.6 is 21.6 Å². The lowest BCUT2D eigenvalue weighted by atomic mass is 9.94. The molecule has 0 spiro atoms. The van der Waals surface area contributed by atoms with E-state index in [2.05, 4.69) is 63.5 Å². The molecule has 1 aliphatic carbocycles. The maximum Gasteiger partial charge on any atom is 0.303 e. The van der Waals surface area contributed by atoms with Gasteiger partial charge in [0.25, 0.3) is 0 Å². The summed E-state index contributed by atoms with van der Waals surface area (Å²) in [5.41, 5.74) is 24.6. The van der Waals surface area contributed by atoms with Crippen molar-refractivity contribution in [2.45, 2.75) is 177 Å². The van der Waals surface area contributed by atoms with Gasteiger partial charge in [-0.1, -0.05) is 97.2 Å². The van der Waals surface area contributed by atoms with Crippen molar-refractivity contribution in [1.29, 1.82) is 5.41 Å². The fourth-order valence-corrected chi connectivity index (χ4v) is 14.3. The van der Waals surface area contributed by atoms with E-state index in [9.17, 15) is 77.6 Å². The van der Waals surface area contributed by atoms with Crippen molar-refractivity contribution >= 4 is 121 Å². The van der Waals surface area contributed by atoms with Gasteiger partial charge in [0.15, 0.2) is 5.96 Å². The van der Waals surface area contributed by atoms with Crippen molar-refractivity contribution < 1.29 is 82.4 Å². The second-order valence-electron chi connectivity index (χ2n) is 26.4. The summed E-state index contributed by atoms with van der Waals surface area (Å²) in [6, 6.07) is 3.66. The van der Waals surface area contributed by atoms with Gasteiger partial charge in [-0.3, -0.25) is 72.5 Å². The van der Waals surface area contributed by atoms with Crippen molar-refractivity contribution in [2.75, 3.05) is 37.7 Å². The van der Waals surface area contributed by atoms with Crippen LogP contribution in [0.25, 0.3) is 10.9 Å². The van der Waals surface area contributed by atoms with Crippen LogP contribution in [0.15, 0.2) is 79.0 Å². The van der Waals surface area contributed by atoms with Gasteiger partial charge in [-0.05, 0) is 91.5 Å². The zero-order valence-corrected chi connectivity index (χ0v) is 61.2. The summed E-state index contributed by atoms with van der Waals surface area (Å²) in [4.78, 5) is 201. The number of benzene rings is 3. The monoisotopic (exact) mass is 1530 g/mol. The number of H-pyrrole nitrogens is 1. The number of fused-ring (bicyclic) bond motifs is 1. The largest absolute Gasteiger partial charge is 0.508 e. The standard InChI is InChI=1S/C70H98N18O17S2/c1-38(2)60-69(105)84-51(32-40-16-20-44(90)21-17-40)66(102)81-47(13-8-29-77-70(74)75)62(98)76-30-27-56(92)79-48(22-24-55(72)91)63(99)83-52(33-41-34-78-46-12-7-6-11-45(41)46)67(103)82-49(23-25-59(95)96)64(100)85-53(61(73)97)36-106-107-37-54(68(104)87-60)86-65(101)50(31-39-14-18-43(89)19-15-39)80-57(93)35-88(58(94)26-28-71)42-9-4-3-5-10-42/h6-7,11-12,14-21,34,38,42,47-54,60,78,89-90H,3-5,8-10,13,22-33,35-37,71H2,1-2H3,(H2,72,91)(H2,73,97)(H,76,98)(H,79,92)(H,80,93)(H,81,102)(H,82,103)(H,83,99)(H,84,105)(H,85,100)(H,86,101)(H,87,104)(H,95,96)(H4,74,75,77)/t47-,48-,49-,50-,51-,52-,53+,54-,60-/m0/s1. The average Bonchev–Trinajstić information content (AvgIpc) is 1.71. The Bertz CT molecular complexity index is 3780. The molecule has 2 aliphatic rings. The van der Waals surface area contributed by atoms with E-state index >= 15 is 4.79 Å². The maximum absolute atomic E-state index is 15.1. The van der Waals surface area contributed by atoms with Gasteiger partial charge in [-0.25, -0.2) is 0 Å². The number of aromatic hydroxyl groups is 2. The number of nitrogens with one attached hydrogen (secondary N) is 13. The first-order valence-corrected chi connectivity index (χ1v) is 37.7. The molecule has 3 aromatic carbocycles. The molecule has 1 saturated heterocycles. The van der Waals surface area contributed by atoms with Crippen LogP contribution in [0, 0.1) is 11.3 Å². The van der Waals surface area contributed by atoms with E-state index in [0.29, 0.717) is 40.4 Å². The Hall–Kier alpha value is -10.7. The summed E-state index contributed by atoms with van der Waals surface area (Å²) in [6.45, 7) is 2.27. The minimum Gasteiger partial charge on any atom is -0.508 e. The van der Waals surface area contributed by atoms with Crippen LogP contribution in [-0.2, 0) is 86.4 Å².